The van der Waals surface area contributed by atoms with E-state index in [-0.39, 0.29) is 11.5 Å². The number of aliphatic hydroxyl groups excluding tert-OH is 1. The highest BCUT2D eigenvalue weighted by Gasteiger charge is 2.17. The molecule has 0 aliphatic carbocycles. The molecule has 0 bridgehead atoms. The maximum absolute atomic E-state index is 12.0. The summed E-state index contributed by atoms with van der Waals surface area (Å²) in [5.41, 5.74) is 0.432. The zero-order chi connectivity index (χ0) is 21.4. The first-order chi connectivity index (χ1) is 13.7. The van der Waals surface area contributed by atoms with Crippen molar-refractivity contribution in [3.63, 3.8) is 0 Å². The van der Waals surface area contributed by atoms with Crippen LogP contribution in [0.15, 0.2) is 52.5 Å². The summed E-state index contributed by atoms with van der Waals surface area (Å²) in [5, 5.41) is 10.7. The molecule has 0 spiro atoms. The number of esters is 1. The molecule has 8 nitrogen and oxygen atoms in total. The molecule has 0 saturated heterocycles. The highest BCUT2D eigenvalue weighted by molar-refractivity contribution is 7.99. The highest BCUT2D eigenvalue weighted by atomic mass is 32.2. The number of aliphatic hydroxyl groups is 1. The minimum atomic E-state index is -3.51. The smallest absolute Gasteiger partial charge is 0.338 e. The quantitative estimate of drug-likeness (QED) is 0.442. The number of nitrogens with zero attached hydrogens (tertiary/aromatic N) is 2. The van der Waals surface area contributed by atoms with E-state index in [0.717, 1.165) is 4.31 Å². The molecule has 158 valence electrons. The number of aromatic nitrogens is 1. The second kappa shape index (κ2) is 10.6. The summed E-state index contributed by atoms with van der Waals surface area (Å²) in [4.78, 5) is 15.8. The minimum absolute atomic E-state index is 0.0683. The lowest BCUT2D eigenvalue weighted by molar-refractivity contribution is 0.0526. The van der Waals surface area contributed by atoms with E-state index in [1.165, 1.54) is 38.1 Å². The standard InChI is InChI=1S/C19H24N2O6S2/c1-4-26-19(23)14-5-7-16(8-6-14)27-12-15(22)13-28-18-10-9-17(11-20-18)29(24,25)21(2)3/h5-11,15,22H,4,12-13H2,1-3H3/t15-/m1/s1. The van der Waals surface area contributed by atoms with Crippen molar-refractivity contribution in [3.05, 3.63) is 48.2 Å². The number of carbonyl (C=O) groups excluding carboxylic acids is 1. The maximum Gasteiger partial charge on any atom is 0.338 e. The van der Waals surface area contributed by atoms with E-state index in [0.29, 0.717) is 28.7 Å². The lowest BCUT2D eigenvalue weighted by Crippen LogP contribution is -2.22. The van der Waals surface area contributed by atoms with Crippen LogP contribution < -0.4 is 4.74 Å². The topological polar surface area (TPSA) is 106 Å². The first-order valence-corrected chi connectivity index (χ1v) is 11.3. The van der Waals surface area contributed by atoms with E-state index in [1.807, 2.05) is 0 Å². The molecule has 0 unspecified atom stereocenters. The van der Waals surface area contributed by atoms with Gasteiger partial charge >= 0.3 is 5.97 Å². The molecule has 1 atom stereocenters. The molecule has 0 radical (unpaired) electrons. The number of pyridine rings is 1. The summed E-state index contributed by atoms with van der Waals surface area (Å²) in [5.74, 6) is 0.457. The van der Waals surface area contributed by atoms with Crippen LogP contribution in [-0.4, -0.2) is 67.9 Å². The van der Waals surface area contributed by atoms with Gasteiger partial charge in [-0.3, -0.25) is 0 Å². The summed E-state index contributed by atoms with van der Waals surface area (Å²) < 4.78 is 35.6. The van der Waals surface area contributed by atoms with Crippen molar-refractivity contribution in [2.24, 2.45) is 0 Å². The Kier molecular flexibility index (Phi) is 8.45. The van der Waals surface area contributed by atoms with E-state index in [4.69, 9.17) is 9.47 Å². The Morgan fingerprint density at radius 2 is 1.90 bits per heavy atom. The number of carbonyl (C=O) groups is 1. The minimum Gasteiger partial charge on any atom is -0.491 e. The van der Waals surface area contributed by atoms with E-state index >= 15 is 0 Å². The lowest BCUT2D eigenvalue weighted by Gasteiger charge is -2.13. The molecule has 2 rings (SSSR count). The molecule has 1 aromatic carbocycles. The third-order valence-corrected chi connectivity index (χ3v) is 6.61. The molecule has 2 aromatic rings. The second-order valence-corrected chi connectivity index (χ2v) is 9.33. The zero-order valence-electron chi connectivity index (χ0n) is 16.4. The summed E-state index contributed by atoms with van der Waals surface area (Å²) in [6, 6.07) is 9.56. The van der Waals surface area contributed by atoms with E-state index in [1.54, 1.807) is 37.3 Å². The van der Waals surface area contributed by atoms with Gasteiger partial charge in [0.05, 0.1) is 23.3 Å². The second-order valence-electron chi connectivity index (χ2n) is 6.14. The van der Waals surface area contributed by atoms with Crippen LogP contribution in [0.1, 0.15) is 17.3 Å². The van der Waals surface area contributed by atoms with Crippen LogP contribution in [0.3, 0.4) is 0 Å². The van der Waals surface area contributed by atoms with Gasteiger partial charge in [0.2, 0.25) is 10.0 Å². The van der Waals surface area contributed by atoms with Crippen molar-refractivity contribution >= 4 is 27.8 Å². The Labute approximate surface area is 174 Å². The molecule has 10 heteroatoms. The fraction of sp³-hybridized carbons (Fsp3) is 0.368. The van der Waals surface area contributed by atoms with E-state index < -0.39 is 22.1 Å². The number of ether oxygens (including phenoxy) is 2. The average molecular weight is 441 g/mol. The number of sulfonamides is 1. The van der Waals surface area contributed by atoms with Crippen LogP contribution in [0.5, 0.6) is 5.75 Å². The Morgan fingerprint density at radius 3 is 2.45 bits per heavy atom. The molecular weight excluding hydrogens is 416 g/mol. The largest absolute Gasteiger partial charge is 0.491 e. The molecule has 29 heavy (non-hydrogen) atoms. The first-order valence-electron chi connectivity index (χ1n) is 8.83. The first kappa shape index (κ1) is 23.1. The van der Waals surface area contributed by atoms with Gasteiger partial charge in [-0.05, 0) is 43.3 Å². The Morgan fingerprint density at radius 1 is 1.21 bits per heavy atom. The number of hydrogen-bond donors (Lipinski definition) is 1. The third kappa shape index (κ3) is 6.70. The predicted octanol–water partition coefficient (Wildman–Crippen LogP) is 2.04. The predicted molar refractivity (Wildman–Crippen MR) is 110 cm³/mol. The van der Waals surface area contributed by atoms with Crippen LogP contribution in [0.2, 0.25) is 0 Å². The molecule has 0 aliphatic heterocycles. The van der Waals surface area contributed by atoms with Gasteiger partial charge in [-0.1, -0.05) is 0 Å². The van der Waals surface area contributed by atoms with Gasteiger partial charge in [-0.25, -0.2) is 22.5 Å². The Balaban J connectivity index is 1.81. The monoisotopic (exact) mass is 440 g/mol. The van der Waals surface area contributed by atoms with Gasteiger partial charge in [-0.15, -0.1) is 11.8 Å². The van der Waals surface area contributed by atoms with Gasteiger partial charge < -0.3 is 14.6 Å². The zero-order valence-corrected chi connectivity index (χ0v) is 18.1. The third-order valence-electron chi connectivity index (χ3n) is 3.72. The molecule has 1 aromatic heterocycles. The normalized spacial score (nSPS) is 12.6. The molecule has 0 aliphatic rings. The van der Waals surface area contributed by atoms with E-state index in [2.05, 4.69) is 4.98 Å². The molecular formula is C19H24N2O6S2. The Bertz CT molecular complexity index is 899. The fourth-order valence-corrected chi connectivity index (χ4v) is 3.74. The lowest BCUT2D eigenvalue weighted by atomic mass is 10.2. The van der Waals surface area contributed by atoms with Crippen LogP contribution >= 0.6 is 11.8 Å². The van der Waals surface area contributed by atoms with Crippen LogP contribution in [0, 0.1) is 0 Å². The highest BCUT2D eigenvalue weighted by Crippen LogP contribution is 2.20. The summed E-state index contributed by atoms with van der Waals surface area (Å²) >= 11 is 1.29. The van der Waals surface area contributed by atoms with Crippen molar-refractivity contribution in [1.82, 2.24) is 9.29 Å². The molecule has 1 heterocycles. The fourth-order valence-electron chi connectivity index (χ4n) is 2.14. The number of benzene rings is 1. The SMILES string of the molecule is CCOC(=O)c1ccc(OC[C@@H](O)CSc2ccc(S(=O)(=O)N(C)C)cn2)cc1. The number of hydrogen-bond acceptors (Lipinski definition) is 8. The van der Waals surface area contributed by atoms with Gasteiger partial charge in [0.25, 0.3) is 0 Å². The van der Waals surface area contributed by atoms with Gasteiger partial charge in [-0.2, -0.15) is 0 Å². The van der Waals surface area contributed by atoms with Crippen LogP contribution in [-0.2, 0) is 14.8 Å². The summed E-state index contributed by atoms with van der Waals surface area (Å²) in [7, 11) is -0.599. The van der Waals surface area contributed by atoms with Gasteiger partial charge in [0.15, 0.2) is 0 Å². The van der Waals surface area contributed by atoms with Crippen LogP contribution in [0.25, 0.3) is 0 Å². The number of rotatable bonds is 10. The number of thioether (sulfide) groups is 1. The average Bonchev–Trinajstić information content (AvgIpc) is 2.71. The van der Waals surface area contributed by atoms with Crippen LogP contribution in [0.4, 0.5) is 0 Å². The van der Waals surface area contributed by atoms with Crippen molar-refractivity contribution in [2.75, 3.05) is 33.1 Å². The maximum atomic E-state index is 12.0. The van der Waals surface area contributed by atoms with E-state index in [9.17, 15) is 18.3 Å². The molecule has 0 amide bonds. The van der Waals surface area contributed by atoms with Crippen molar-refractivity contribution in [1.29, 1.82) is 0 Å². The van der Waals surface area contributed by atoms with Crippen molar-refractivity contribution in [3.8, 4) is 5.75 Å². The molecule has 1 N–H and O–H groups in total. The Hall–Kier alpha value is -2.14. The summed E-state index contributed by atoms with van der Waals surface area (Å²) in [6.07, 6.45) is 0.544. The molecule has 0 fully saturated rings. The summed E-state index contributed by atoms with van der Waals surface area (Å²) in [6.45, 7) is 2.12. The molecule has 0 saturated carbocycles. The van der Waals surface area contributed by atoms with Gasteiger partial charge in [0.1, 0.15) is 17.3 Å². The van der Waals surface area contributed by atoms with Crippen molar-refractivity contribution < 1.29 is 27.8 Å². The van der Waals surface area contributed by atoms with Crippen molar-refractivity contribution in [2.45, 2.75) is 22.9 Å². The van der Waals surface area contributed by atoms with Gasteiger partial charge in [0, 0.05) is 26.0 Å².